The van der Waals surface area contributed by atoms with Gasteiger partial charge in [-0.2, -0.15) is 10.2 Å². The van der Waals surface area contributed by atoms with E-state index >= 15 is 0 Å². The molecule has 35 heavy (non-hydrogen) atoms. The van der Waals surface area contributed by atoms with Crippen LogP contribution in [0.3, 0.4) is 0 Å². The van der Waals surface area contributed by atoms with Gasteiger partial charge in [0.25, 0.3) is 5.91 Å². The topological polar surface area (TPSA) is 128 Å². The smallest absolute Gasteiger partial charge is 0.256 e. The van der Waals surface area contributed by atoms with Crippen molar-refractivity contribution in [2.75, 3.05) is 23.7 Å². The van der Waals surface area contributed by atoms with Gasteiger partial charge in [0.15, 0.2) is 10.9 Å². The summed E-state index contributed by atoms with van der Waals surface area (Å²) in [5.74, 6) is 0.470. The van der Waals surface area contributed by atoms with Gasteiger partial charge in [-0.25, -0.2) is 9.97 Å². The lowest BCUT2D eigenvalue weighted by atomic mass is 9.85. The van der Waals surface area contributed by atoms with Crippen molar-refractivity contribution in [1.29, 1.82) is 5.26 Å². The highest BCUT2D eigenvalue weighted by molar-refractivity contribution is 7.13. The summed E-state index contributed by atoms with van der Waals surface area (Å²) < 4.78 is 0. The lowest BCUT2D eigenvalue weighted by molar-refractivity contribution is 0.0956. The largest absolute Gasteiger partial charge is 0.352 e. The molecule has 180 valence electrons. The van der Waals surface area contributed by atoms with Crippen LogP contribution >= 0.6 is 11.3 Å². The fraction of sp³-hybridized carbons (Fsp3) is 0.400. The lowest BCUT2D eigenvalue weighted by Gasteiger charge is -2.34. The lowest BCUT2D eigenvalue weighted by Crippen LogP contribution is -2.42. The summed E-state index contributed by atoms with van der Waals surface area (Å²) in [6.45, 7) is 7.65. The third kappa shape index (κ3) is 4.57. The van der Waals surface area contributed by atoms with Crippen molar-refractivity contribution >= 4 is 39.8 Å². The van der Waals surface area contributed by atoms with Gasteiger partial charge < -0.3 is 21.3 Å². The van der Waals surface area contributed by atoms with E-state index in [1.807, 2.05) is 18.4 Å². The number of nitrogens with zero attached hydrogens (tertiary/aromatic N) is 4. The molecular weight excluding hydrogens is 460 g/mol. The normalized spacial score (nSPS) is 17.1. The molecular formula is C25H28N8OS. The summed E-state index contributed by atoms with van der Waals surface area (Å²) in [5, 5.41) is 24.8. The second-order valence-corrected chi connectivity index (χ2v) is 10.3. The number of hydrogen-bond donors (Lipinski definition) is 4. The molecule has 0 unspecified atom stereocenters. The maximum absolute atomic E-state index is 12.7. The number of carbonyl (C=O) groups is 1. The number of fused-ring (bicyclic) bond motifs is 1. The Kier molecular flexibility index (Phi) is 5.91. The van der Waals surface area contributed by atoms with Crippen molar-refractivity contribution in [3.8, 4) is 6.07 Å². The minimum Gasteiger partial charge on any atom is -0.352 e. The molecule has 2 aliphatic rings. The molecule has 3 heterocycles. The predicted octanol–water partition coefficient (Wildman–Crippen LogP) is 4.11. The fourth-order valence-corrected chi connectivity index (χ4v) is 5.19. The van der Waals surface area contributed by atoms with E-state index in [0.29, 0.717) is 29.0 Å². The Morgan fingerprint density at radius 1 is 1.26 bits per heavy atom. The number of thiazole rings is 1. The molecule has 0 saturated heterocycles. The first kappa shape index (κ1) is 23.2. The van der Waals surface area contributed by atoms with Gasteiger partial charge in [0, 0.05) is 29.3 Å². The van der Waals surface area contributed by atoms with Gasteiger partial charge in [0.1, 0.15) is 11.0 Å². The summed E-state index contributed by atoms with van der Waals surface area (Å²) in [6.07, 6.45) is 4.12. The Morgan fingerprint density at radius 3 is 2.83 bits per heavy atom. The van der Waals surface area contributed by atoms with Gasteiger partial charge in [-0.3, -0.25) is 4.79 Å². The summed E-state index contributed by atoms with van der Waals surface area (Å²) in [5.41, 5.74) is 4.03. The quantitative estimate of drug-likeness (QED) is 0.391. The number of carbonyl (C=O) groups excluding carboxylic acids is 1. The third-order valence-electron chi connectivity index (χ3n) is 6.55. The Labute approximate surface area is 208 Å². The van der Waals surface area contributed by atoms with E-state index in [9.17, 15) is 10.1 Å². The van der Waals surface area contributed by atoms with Crippen molar-refractivity contribution in [2.24, 2.45) is 0 Å². The van der Waals surface area contributed by atoms with E-state index in [1.54, 1.807) is 0 Å². The van der Waals surface area contributed by atoms with Crippen LogP contribution in [0.15, 0.2) is 29.8 Å². The van der Waals surface area contributed by atoms with Gasteiger partial charge in [0.05, 0.1) is 11.8 Å². The number of aromatic nitrogens is 3. The molecule has 0 radical (unpaired) electrons. The molecule has 9 nitrogen and oxygen atoms in total. The van der Waals surface area contributed by atoms with Crippen molar-refractivity contribution in [3.05, 3.63) is 52.2 Å². The average Bonchev–Trinajstić information content (AvgIpc) is 3.50. The highest BCUT2D eigenvalue weighted by atomic mass is 32.1. The standard InChI is InChI=1S/C25H28N8OS/c1-4-27-21(34)17-12-28-22(30-16-5-6-18-15(11-16)7-10-29-24(18,2)3)32-20(17)33-23-31-19(13-35-23)25(14-26)8-9-25/h5-6,11-13,29H,4,7-10H2,1-3H3,(H,27,34)(H2,28,30,31,32,33). The zero-order chi connectivity index (χ0) is 24.6. The molecule has 5 rings (SSSR count). The SMILES string of the molecule is CCNC(=O)c1cnc(Nc2ccc3c(c2)CCNC3(C)C)nc1Nc1nc(C2(C#N)CC2)cs1. The third-order valence-corrected chi connectivity index (χ3v) is 7.31. The molecule has 1 saturated carbocycles. The molecule has 3 aromatic rings. The van der Waals surface area contributed by atoms with Gasteiger partial charge in [-0.1, -0.05) is 6.07 Å². The summed E-state index contributed by atoms with van der Waals surface area (Å²) in [6, 6.07) is 8.65. The molecule has 4 N–H and O–H groups in total. The van der Waals surface area contributed by atoms with E-state index in [2.05, 4.69) is 68.3 Å². The van der Waals surface area contributed by atoms with E-state index in [0.717, 1.165) is 37.2 Å². The maximum atomic E-state index is 12.7. The molecule has 0 atom stereocenters. The van der Waals surface area contributed by atoms with Gasteiger partial charge in [-0.15, -0.1) is 11.3 Å². The molecule has 1 aliphatic carbocycles. The van der Waals surface area contributed by atoms with Crippen LogP contribution in [0.2, 0.25) is 0 Å². The second-order valence-electron chi connectivity index (χ2n) is 9.47. The van der Waals surface area contributed by atoms with E-state index in [-0.39, 0.29) is 11.4 Å². The first-order chi connectivity index (χ1) is 16.8. The second kappa shape index (κ2) is 8.91. The Hall–Kier alpha value is -3.55. The molecule has 2 aromatic heterocycles. The number of rotatable bonds is 7. The minimum absolute atomic E-state index is 0.0643. The zero-order valence-corrected chi connectivity index (χ0v) is 20.8. The van der Waals surface area contributed by atoms with Gasteiger partial charge >= 0.3 is 0 Å². The highest BCUT2D eigenvalue weighted by Gasteiger charge is 2.47. The van der Waals surface area contributed by atoms with Crippen LogP contribution < -0.4 is 21.3 Å². The Bertz CT molecular complexity index is 1320. The monoisotopic (exact) mass is 488 g/mol. The molecule has 10 heteroatoms. The first-order valence-electron chi connectivity index (χ1n) is 11.8. The first-order valence-corrected chi connectivity index (χ1v) is 12.7. The van der Waals surface area contributed by atoms with Crippen LogP contribution in [0.4, 0.5) is 22.6 Å². The van der Waals surface area contributed by atoms with Crippen LogP contribution in [0, 0.1) is 11.3 Å². The zero-order valence-electron chi connectivity index (χ0n) is 20.0. The number of amides is 1. The number of hydrogen-bond acceptors (Lipinski definition) is 9. The summed E-state index contributed by atoms with van der Waals surface area (Å²) >= 11 is 1.39. The van der Waals surface area contributed by atoms with Crippen LogP contribution in [0.25, 0.3) is 0 Å². The molecule has 0 bridgehead atoms. The number of benzene rings is 1. The van der Waals surface area contributed by atoms with E-state index in [1.165, 1.54) is 28.7 Å². The van der Waals surface area contributed by atoms with Crippen molar-refractivity contribution in [2.45, 2.75) is 51.0 Å². The average molecular weight is 489 g/mol. The van der Waals surface area contributed by atoms with Crippen molar-refractivity contribution in [1.82, 2.24) is 25.6 Å². The van der Waals surface area contributed by atoms with E-state index in [4.69, 9.17) is 0 Å². The molecule has 0 spiro atoms. The number of anilines is 4. The van der Waals surface area contributed by atoms with Crippen LogP contribution in [0.1, 0.15) is 60.8 Å². The summed E-state index contributed by atoms with van der Waals surface area (Å²) in [7, 11) is 0. The number of nitrogens with one attached hydrogen (secondary N) is 4. The fourth-order valence-electron chi connectivity index (χ4n) is 4.38. The predicted molar refractivity (Wildman–Crippen MR) is 136 cm³/mol. The maximum Gasteiger partial charge on any atom is 0.256 e. The minimum atomic E-state index is -0.465. The molecule has 1 amide bonds. The molecule has 1 fully saturated rings. The van der Waals surface area contributed by atoms with E-state index < -0.39 is 5.41 Å². The van der Waals surface area contributed by atoms with Gasteiger partial charge in [-0.05, 0) is 69.8 Å². The van der Waals surface area contributed by atoms with Gasteiger partial charge in [0.2, 0.25) is 5.95 Å². The van der Waals surface area contributed by atoms with Crippen LogP contribution in [0.5, 0.6) is 0 Å². The molecule has 1 aliphatic heterocycles. The summed E-state index contributed by atoms with van der Waals surface area (Å²) in [4.78, 5) is 26.3. The Morgan fingerprint density at radius 2 is 2.09 bits per heavy atom. The highest BCUT2D eigenvalue weighted by Crippen LogP contribution is 2.48. The Balaban J connectivity index is 1.42. The van der Waals surface area contributed by atoms with Crippen LogP contribution in [-0.4, -0.2) is 33.9 Å². The number of nitriles is 1. The van der Waals surface area contributed by atoms with Crippen molar-refractivity contribution < 1.29 is 4.79 Å². The van der Waals surface area contributed by atoms with Crippen molar-refractivity contribution in [3.63, 3.8) is 0 Å². The van der Waals surface area contributed by atoms with Crippen LogP contribution in [-0.2, 0) is 17.4 Å². The molecule has 1 aromatic carbocycles.